The zero-order chi connectivity index (χ0) is 12.5. The van der Waals surface area contributed by atoms with Crippen LogP contribution in [-0.2, 0) is 19.5 Å². The van der Waals surface area contributed by atoms with Gasteiger partial charge in [0.2, 0.25) is 0 Å². The highest BCUT2D eigenvalue weighted by atomic mass is 127. The van der Waals surface area contributed by atoms with Gasteiger partial charge in [0.15, 0.2) is 11.8 Å². The van der Waals surface area contributed by atoms with Crippen LogP contribution in [0.4, 0.5) is 0 Å². The molecule has 0 saturated carbocycles. The molecule has 0 radical (unpaired) electrons. The third-order valence-corrected chi connectivity index (χ3v) is 2.58. The molecule has 1 aliphatic rings. The van der Waals surface area contributed by atoms with Crippen molar-refractivity contribution in [3.63, 3.8) is 0 Å². The molecule has 1 aromatic rings. The van der Waals surface area contributed by atoms with E-state index in [9.17, 15) is 0 Å². The van der Waals surface area contributed by atoms with Gasteiger partial charge in [-0.2, -0.15) is 0 Å². The highest BCUT2D eigenvalue weighted by Crippen LogP contribution is 2.14. The van der Waals surface area contributed by atoms with Crippen LogP contribution in [0.1, 0.15) is 38.8 Å². The molecule has 0 unspecified atom stereocenters. The van der Waals surface area contributed by atoms with Crippen molar-refractivity contribution in [3.05, 3.63) is 11.6 Å². The number of fused-ring (bicyclic) bond motifs is 1. The van der Waals surface area contributed by atoms with Crippen molar-refractivity contribution in [2.24, 2.45) is 10.7 Å². The Morgan fingerprint density at radius 3 is 2.83 bits per heavy atom. The van der Waals surface area contributed by atoms with Gasteiger partial charge in [-0.15, -0.1) is 34.2 Å². The van der Waals surface area contributed by atoms with Gasteiger partial charge in [-0.3, -0.25) is 0 Å². The van der Waals surface area contributed by atoms with Gasteiger partial charge in [0.05, 0.1) is 0 Å². The number of hydrogen-bond donors (Lipinski definition) is 2. The lowest BCUT2D eigenvalue weighted by molar-refractivity contribution is 0.507. The van der Waals surface area contributed by atoms with Gasteiger partial charge in [-0.1, -0.05) is 0 Å². The van der Waals surface area contributed by atoms with Crippen LogP contribution in [0.5, 0.6) is 0 Å². The fourth-order valence-electron chi connectivity index (χ4n) is 1.91. The molecule has 2 rings (SSSR count). The molecule has 18 heavy (non-hydrogen) atoms. The number of aliphatic imine (C=N–C) groups is 1. The SMILES string of the molecule is CC(C)(C)NC(N)=NCc1nnc2n1CCC2.I. The fourth-order valence-corrected chi connectivity index (χ4v) is 1.91. The molecule has 0 amide bonds. The molecule has 1 aromatic heterocycles. The number of rotatable bonds is 2. The molecule has 0 bridgehead atoms. The summed E-state index contributed by atoms with van der Waals surface area (Å²) < 4.78 is 2.13. The lowest BCUT2D eigenvalue weighted by atomic mass is 10.1. The van der Waals surface area contributed by atoms with E-state index < -0.39 is 0 Å². The van der Waals surface area contributed by atoms with E-state index in [0.29, 0.717) is 12.5 Å². The number of aromatic nitrogens is 3. The van der Waals surface area contributed by atoms with Gasteiger partial charge in [0.1, 0.15) is 12.4 Å². The molecule has 0 spiro atoms. The number of nitrogens with zero attached hydrogens (tertiary/aromatic N) is 4. The van der Waals surface area contributed by atoms with Crippen molar-refractivity contribution in [1.82, 2.24) is 20.1 Å². The molecule has 1 aliphatic heterocycles. The summed E-state index contributed by atoms with van der Waals surface area (Å²) in [4.78, 5) is 4.29. The Kier molecular flexibility index (Phi) is 4.94. The molecule has 0 saturated heterocycles. The van der Waals surface area contributed by atoms with Gasteiger partial charge in [-0.25, -0.2) is 4.99 Å². The van der Waals surface area contributed by atoms with E-state index in [-0.39, 0.29) is 29.5 Å². The van der Waals surface area contributed by atoms with E-state index in [1.165, 1.54) is 0 Å². The maximum Gasteiger partial charge on any atom is 0.189 e. The first-order valence-electron chi connectivity index (χ1n) is 5.95. The Morgan fingerprint density at radius 1 is 1.44 bits per heavy atom. The fraction of sp³-hybridized carbons (Fsp3) is 0.727. The summed E-state index contributed by atoms with van der Waals surface area (Å²) in [5.41, 5.74) is 5.73. The predicted octanol–water partition coefficient (Wildman–Crippen LogP) is 1.05. The standard InChI is InChI=1S/C11H20N6.HI/c1-11(2,3)14-10(12)13-7-9-16-15-8-5-4-6-17(8)9;/h4-7H2,1-3H3,(H3,12,13,14);1H. The largest absolute Gasteiger partial charge is 0.370 e. The minimum absolute atomic E-state index is 0. The van der Waals surface area contributed by atoms with Crippen molar-refractivity contribution < 1.29 is 0 Å². The normalized spacial score (nSPS) is 15.2. The van der Waals surface area contributed by atoms with Crippen LogP contribution in [0.2, 0.25) is 0 Å². The molecule has 102 valence electrons. The Balaban J connectivity index is 0.00000162. The zero-order valence-corrected chi connectivity index (χ0v) is 13.4. The Morgan fingerprint density at radius 2 is 2.17 bits per heavy atom. The minimum atomic E-state index is -0.0691. The number of halogens is 1. The summed E-state index contributed by atoms with van der Waals surface area (Å²) in [6, 6.07) is 0. The summed E-state index contributed by atoms with van der Waals surface area (Å²) >= 11 is 0. The van der Waals surface area contributed by atoms with E-state index in [0.717, 1.165) is 31.0 Å². The maximum atomic E-state index is 5.80. The van der Waals surface area contributed by atoms with Gasteiger partial charge in [0, 0.05) is 18.5 Å². The summed E-state index contributed by atoms with van der Waals surface area (Å²) in [5, 5.41) is 11.4. The van der Waals surface area contributed by atoms with Gasteiger partial charge in [-0.05, 0) is 27.2 Å². The second-order valence-electron chi connectivity index (χ2n) is 5.36. The van der Waals surface area contributed by atoms with E-state index in [4.69, 9.17) is 5.73 Å². The van der Waals surface area contributed by atoms with E-state index >= 15 is 0 Å². The second kappa shape index (κ2) is 5.85. The molecule has 2 heterocycles. The third-order valence-electron chi connectivity index (χ3n) is 2.58. The van der Waals surface area contributed by atoms with Crippen LogP contribution in [0, 0.1) is 0 Å². The molecule has 0 fully saturated rings. The average molecular weight is 364 g/mol. The van der Waals surface area contributed by atoms with Crippen molar-refractivity contribution in [3.8, 4) is 0 Å². The Bertz CT molecular complexity index is 431. The predicted molar refractivity (Wildman–Crippen MR) is 82.0 cm³/mol. The lowest BCUT2D eigenvalue weighted by Crippen LogP contribution is -2.45. The highest BCUT2D eigenvalue weighted by Gasteiger charge is 2.17. The first-order valence-corrected chi connectivity index (χ1v) is 5.95. The van der Waals surface area contributed by atoms with Gasteiger partial charge < -0.3 is 15.6 Å². The summed E-state index contributed by atoms with van der Waals surface area (Å²) in [5.74, 6) is 2.42. The Labute approximate surface area is 124 Å². The van der Waals surface area contributed by atoms with Crippen LogP contribution in [-0.4, -0.2) is 26.3 Å². The molecule has 0 atom stereocenters. The van der Waals surface area contributed by atoms with Crippen molar-refractivity contribution in [2.45, 2.75) is 52.2 Å². The number of nitrogens with one attached hydrogen (secondary N) is 1. The number of aryl methyl sites for hydroxylation is 1. The quantitative estimate of drug-likeness (QED) is 0.467. The number of guanidine groups is 1. The smallest absolute Gasteiger partial charge is 0.189 e. The highest BCUT2D eigenvalue weighted by molar-refractivity contribution is 14.0. The van der Waals surface area contributed by atoms with Crippen molar-refractivity contribution in [1.29, 1.82) is 0 Å². The van der Waals surface area contributed by atoms with Gasteiger partial charge >= 0.3 is 0 Å². The average Bonchev–Trinajstić information content (AvgIpc) is 2.73. The maximum absolute atomic E-state index is 5.80. The summed E-state index contributed by atoms with van der Waals surface area (Å²) in [7, 11) is 0. The molecule has 3 N–H and O–H groups in total. The molecular weight excluding hydrogens is 343 g/mol. The first-order chi connectivity index (χ1) is 7.96. The van der Waals surface area contributed by atoms with Crippen LogP contribution in [0.15, 0.2) is 4.99 Å². The second-order valence-corrected chi connectivity index (χ2v) is 5.36. The summed E-state index contributed by atoms with van der Waals surface area (Å²) in [6.45, 7) is 7.63. The number of hydrogen-bond acceptors (Lipinski definition) is 3. The molecular formula is C11H21IN6. The van der Waals surface area contributed by atoms with E-state index in [1.807, 2.05) is 20.8 Å². The van der Waals surface area contributed by atoms with Crippen LogP contribution in [0.3, 0.4) is 0 Å². The summed E-state index contributed by atoms with van der Waals surface area (Å²) in [6.07, 6.45) is 2.17. The van der Waals surface area contributed by atoms with Crippen molar-refractivity contribution >= 4 is 29.9 Å². The first kappa shape index (κ1) is 15.2. The molecule has 7 heteroatoms. The monoisotopic (exact) mass is 364 g/mol. The molecule has 6 nitrogen and oxygen atoms in total. The number of nitrogens with two attached hydrogens (primary N) is 1. The molecule has 0 aliphatic carbocycles. The molecule has 0 aromatic carbocycles. The van der Waals surface area contributed by atoms with Gasteiger partial charge in [0.25, 0.3) is 0 Å². The van der Waals surface area contributed by atoms with Crippen LogP contribution in [0.25, 0.3) is 0 Å². The third kappa shape index (κ3) is 3.82. The Hall–Kier alpha value is -0.860. The lowest BCUT2D eigenvalue weighted by Gasteiger charge is -2.20. The van der Waals surface area contributed by atoms with Crippen molar-refractivity contribution in [2.75, 3.05) is 0 Å². The topological polar surface area (TPSA) is 81.1 Å². The van der Waals surface area contributed by atoms with E-state index in [1.54, 1.807) is 0 Å². The van der Waals surface area contributed by atoms with Crippen LogP contribution < -0.4 is 11.1 Å². The zero-order valence-electron chi connectivity index (χ0n) is 11.1. The van der Waals surface area contributed by atoms with E-state index in [2.05, 4.69) is 25.1 Å². The minimum Gasteiger partial charge on any atom is -0.370 e. The van der Waals surface area contributed by atoms with Crippen LogP contribution >= 0.6 is 24.0 Å².